The summed E-state index contributed by atoms with van der Waals surface area (Å²) in [4.78, 5) is 6.78. The standard InChI is InChI=1S/C14H25N3/c1-7-14(3,4)17(6)13-9-8-12(10-16-13)11(2)15-5/h8-11,15H,7H2,1-6H3. The highest BCUT2D eigenvalue weighted by Gasteiger charge is 2.22. The molecule has 0 aliphatic rings. The van der Waals surface area contributed by atoms with Crippen molar-refractivity contribution in [2.45, 2.75) is 45.7 Å². The molecule has 0 aromatic carbocycles. The summed E-state index contributed by atoms with van der Waals surface area (Å²) >= 11 is 0. The molecule has 1 atom stereocenters. The summed E-state index contributed by atoms with van der Waals surface area (Å²) in [7, 11) is 4.07. The lowest BCUT2D eigenvalue weighted by atomic mass is 10.00. The lowest BCUT2D eigenvalue weighted by molar-refractivity contribution is 0.467. The van der Waals surface area contributed by atoms with Gasteiger partial charge in [0.25, 0.3) is 0 Å². The largest absolute Gasteiger partial charge is 0.355 e. The van der Waals surface area contributed by atoms with Crippen LogP contribution in [0.3, 0.4) is 0 Å². The number of aromatic nitrogens is 1. The Morgan fingerprint density at radius 3 is 2.47 bits per heavy atom. The van der Waals surface area contributed by atoms with Crippen molar-refractivity contribution in [1.82, 2.24) is 10.3 Å². The van der Waals surface area contributed by atoms with Crippen LogP contribution in [0.1, 0.15) is 45.7 Å². The second kappa shape index (κ2) is 5.50. The van der Waals surface area contributed by atoms with Crippen LogP contribution in [0, 0.1) is 0 Å². The first kappa shape index (κ1) is 14.0. The molecule has 0 radical (unpaired) electrons. The molecule has 0 amide bonds. The quantitative estimate of drug-likeness (QED) is 0.850. The van der Waals surface area contributed by atoms with Gasteiger partial charge in [0.2, 0.25) is 0 Å². The Hall–Kier alpha value is -1.09. The van der Waals surface area contributed by atoms with E-state index in [9.17, 15) is 0 Å². The fraction of sp³-hybridized carbons (Fsp3) is 0.643. The van der Waals surface area contributed by atoms with E-state index in [2.05, 4.69) is 62.1 Å². The van der Waals surface area contributed by atoms with Gasteiger partial charge in [-0.1, -0.05) is 13.0 Å². The Morgan fingerprint density at radius 1 is 1.41 bits per heavy atom. The van der Waals surface area contributed by atoms with Crippen molar-refractivity contribution < 1.29 is 0 Å². The van der Waals surface area contributed by atoms with Gasteiger partial charge in [0, 0.05) is 24.8 Å². The molecule has 0 saturated carbocycles. The van der Waals surface area contributed by atoms with Gasteiger partial charge in [0.1, 0.15) is 5.82 Å². The highest BCUT2D eigenvalue weighted by molar-refractivity contribution is 5.41. The van der Waals surface area contributed by atoms with E-state index >= 15 is 0 Å². The van der Waals surface area contributed by atoms with Crippen LogP contribution in [0.4, 0.5) is 5.82 Å². The molecule has 17 heavy (non-hydrogen) atoms. The molecule has 96 valence electrons. The molecule has 1 N–H and O–H groups in total. The summed E-state index contributed by atoms with van der Waals surface area (Å²) in [6.07, 6.45) is 3.05. The van der Waals surface area contributed by atoms with E-state index in [1.807, 2.05) is 13.2 Å². The van der Waals surface area contributed by atoms with Gasteiger partial charge >= 0.3 is 0 Å². The third-order valence-corrected chi connectivity index (χ3v) is 3.82. The Bertz CT molecular complexity index is 343. The molecule has 0 saturated heterocycles. The van der Waals surface area contributed by atoms with Crippen LogP contribution >= 0.6 is 0 Å². The van der Waals surface area contributed by atoms with Crippen molar-refractivity contribution in [2.24, 2.45) is 0 Å². The van der Waals surface area contributed by atoms with Gasteiger partial charge in [-0.25, -0.2) is 4.98 Å². The highest BCUT2D eigenvalue weighted by Crippen LogP contribution is 2.23. The lowest BCUT2D eigenvalue weighted by Gasteiger charge is -2.35. The van der Waals surface area contributed by atoms with Gasteiger partial charge < -0.3 is 10.2 Å². The molecule has 3 nitrogen and oxygen atoms in total. The zero-order chi connectivity index (χ0) is 13.1. The molecule has 1 aromatic rings. The predicted octanol–water partition coefficient (Wildman–Crippen LogP) is 2.99. The van der Waals surface area contributed by atoms with Crippen LogP contribution in [0.25, 0.3) is 0 Å². The second-order valence-electron chi connectivity index (χ2n) is 5.19. The van der Waals surface area contributed by atoms with Gasteiger partial charge in [0.05, 0.1) is 0 Å². The van der Waals surface area contributed by atoms with E-state index in [1.165, 1.54) is 5.56 Å². The summed E-state index contributed by atoms with van der Waals surface area (Å²) in [5, 5.41) is 3.22. The minimum absolute atomic E-state index is 0.142. The number of nitrogens with one attached hydrogen (secondary N) is 1. The first-order valence-corrected chi connectivity index (χ1v) is 6.29. The van der Waals surface area contributed by atoms with Crippen LogP contribution in [-0.2, 0) is 0 Å². The fourth-order valence-electron chi connectivity index (χ4n) is 1.57. The van der Waals surface area contributed by atoms with Gasteiger partial charge in [-0.05, 0) is 45.9 Å². The van der Waals surface area contributed by atoms with E-state index in [4.69, 9.17) is 0 Å². The third-order valence-electron chi connectivity index (χ3n) is 3.82. The molecule has 0 aliphatic carbocycles. The molecule has 0 fully saturated rings. The first-order valence-electron chi connectivity index (χ1n) is 6.29. The van der Waals surface area contributed by atoms with Crippen molar-refractivity contribution in [1.29, 1.82) is 0 Å². The molecule has 0 spiro atoms. The summed E-state index contributed by atoms with van der Waals surface area (Å²) in [6.45, 7) is 8.81. The summed E-state index contributed by atoms with van der Waals surface area (Å²) in [6, 6.07) is 4.59. The summed E-state index contributed by atoms with van der Waals surface area (Å²) in [5.74, 6) is 1.03. The normalized spacial score (nSPS) is 13.5. The zero-order valence-corrected chi connectivity index (χ0v) is 11.9. The Balaban J connectivity index is 2.88. The number of pyridine rings is 1. The number of nitrogens with zero attached hydrogens (tertiary/aromatic N) is 2. The molecule has 3 heteroatoms. The lowest BCUT2D eigenvalue weighted by Crippen LogP contribution is -2.41. The predicted molar refractivity (Wildman–Crippen MR) is 74.5 cm³/mol. The van der Waals surface area contributed by atoms with Gasteiger partial charge in [-0.15, -0.1) is 0 Å². The maximum atomic E-state index is 4.55. The third kappa shape index (κ3) is 3.19. The molecule has 1 aromatic heterocycles. The molecule has 0 aliphatic heterocycles. The average Bonchev–Trinajstić information content (AvgIpc) is 2.37. The number of hydrogen-bond donors (Lipinski definition) is 1. The maximum absolute atomic E-state index is 4.55. The monoisotopic (exact) mass is 235 g/mol. The van der Waals surface area contributed by atoms with E-state index in [0.29, 0.717) is 6.04 Å². The van der Waals surface area contributed by atoms with Gasteiger partial charge in [0.15, 0.2) is 0 Å². The average molecular weight is 235 g/mol. The zero-order valence-electron chi connectivity index (χ0n) is 11.9. The minimum atomic E-state index is 0.142. The van der Waals surface area contributed by atoms with Crippen LogP contribution in [0.15, 0.2) is 18.3 Å². The van der Waals surface area contributed by atoms with Crippen molar-refractivity contribution in [3.8, 4) is 0 Å². The molecule has 1 rings (SSSR count). The van der Waals surface area contributed by atoms with Crippen LogP contribution in [0.2, 0.25) is 0 Å². The van der Waals surface area contributed by atoms with E-state index in [1.54, 1.807) is 0 Å². The number of anilines is 1. The van der Waals surface area contributed by atoms with Crippen LogP contribution in [-0.4, -0.2) is 24.6 Å². The summed E-state index contributed by atoms with van der Waals surface area (Å²) < 4.78 is 0. The summed E-state index contributed by atoms with van der Waals surface area (Å²) in [5.41, 5.74) is 1.36. The van der Waals surface area contributed by atoms with Crippen LogP contribution in [0.5, 0.6) is 0 Å². The molecular weight excluding hydrogens is 210 g/mol. The van der Waals surface area contributed by atoms with Gasteiger partial charge in [-0.2, -0.15) is 0 Å². The molecular formula is C14H25N3. The Labute approximate surface area is 105 Å². The Morgan fingerprint density at radius 2 is 2.06 bits per heavy atom. The minimum Gasteiger partial charge on any atom is -0.355 e. The topological polar surface area (TPSA) is 28.2 Å². The van der Waals surface area contributed by atoms with E-state index in [0.717, 1.165) is 12.2 Å². The molecule has 0 bridgehead atoms. The number of hydrogen-bond acceptors (Lipinski definition) is 3. The van der Waals surface area contributed by atoms with E-state index in [-0.39, 0.29) is 5.54 Å². The molecule has 1 unspecified atom stereocenters. The van der Waals surface area contributed by atoms with Crippen molar-refractivity contribution in [2.75, 3.05) is 19.0 Å². The highest BCUT2D eigenvalue weighted by atomic mass is 15.2. The van der Waals surface area contributed by atoms with Crippen molar-refractivity contribution in [3.63, 3.8) is 0 Å². The number of rotatable bonds is 5. The molecule has 1 heterocycles. The van der Waals surface area contributed by atoms with Crippen molar-refractivity contribution >= 4 is 5.82 Å². The van der Waals surface area contributed by atoms with Gasteiger partial charge in [-0.3, -0.25) is 0 Å². The maximum Gasteiger partial charge on any atom is 0.128 e. The second-order valence-corrected chi connectivity index (χ2v) is 5.19. The first-order chi connectivity index (χ1) is 7.92. The van der Waals surface area contributed by atoms with Crippen LogP contribution < -0.4 is 10.2 Å². The SMILES string of the molecule is CCC(C)(C)N(C)c1ccc(C(C)NC)cn1. The Kier molecular flexibility index (Phi) is 4.52. The van der Waals surface area contributed by atoms with E-state index < -0.39 is 0 Å². The van der Waals surface area contributed by atoms with Crippen molar-refractivity contribution in [3.05, 3.63) is 23.9 Å². The fourth-order valence-corrected chi connectivity index (χ4v) is 1.57. The smallest absolute Gasteiger partial charge is 0.128 e.